The van der Waals surface area contributed by atoms with Crippen LogP contribution in [0.3, 0.4) is 0 Å². The van der Waals surface area contributed by atoms with Gasteiger partial charge in [-0.05, 0) is 78.5 Å². The monoisotopic (exact) mass is 403 g/mol. The van der Waals surface area contributed by atoms with Crippen LogP contribution in [-0.4, -0.2) is 54.2 Å². The summed E-state index contributed by atoms with van der Waals surface area (Å²) in [7, 11) is 0. The highest BCUT2D eigenvalue weighted by atomic mass is 16.5. The minimum atomic E-state index is 0.818. The Morgan fingerprint density at radius 2 is 1.43 bits per heavy atom. The first-order valence-corrected chi connectivity index (χ1v) is 11.5. The van der Waals surface area contributed by atoms with Crippen LogP contribution in [0.1, 0.15) is 29.5 Å². The minimum absolute atomic E-state index is 0.818. The van der Waals surface area contributed by atoms with E-state index in [1.807, 2.05) is 6.20 Å². The van der Waals surface area contributed by atoms with Gasteiger partial charge in [0.15, 0.2) is 0 Å². The van der Waals surface area contributed by atoms with Crippen LogP contribution in [0.4, 0.5) is 0 Å². The summed E-state index contributed by atoms with van der Waals surface area (Å²) in [5.74, 6) is 0.818. The van der Waals surface area contributed by atoms with Crippen LogP contribution in [0.25, 0.3) is 10.9 Å². The second kappa shape index (κ2) is 9.34. The lowest BCUT2D eigenvalue weighted by molar-refractivity contribution is 0.0342. The van der Waals surface area contributed by atoms with Crippen molar-refractivity contribution in [2.45, 2.75) is 32.4 Å². The number of morpholine rings is 1. The number of aromatic amines is 1. The van der Waals surface area contributed by atoms with Crippen molar-refractivity contribution in [3.63, 3.8) is 0 Å². The number of fused-ring (bicyclic) bond motifs is 1. The van der Waals surface area contributed by atoms with Crippen molar-refractivity contribution in [1.82, 2.24) is 14.8 Å². The highest BCUT2D eigenvalue weighted by molar-refractivity contribution is 5.79. The fourth-order valence-electron chi connectivity index (χ4n) is 4.94. The van der Waals surface area contributed by atoms with Gasteiger partial charge >= 0.3 is 0 Å². The topological polar surface area (TPSA) is 31.5 Å². The van der Waals surface area contributed by atoms with Crippen molar-refractivity contribution in [3.8, 4) is 0 Å². The zero-order valence-corrected chi connectivity index (χ0v) is 17.9. The predicted molar refractivity (Wildman–Crippen MR) is 123 cm³/mol. The summed E-state index contributed by atoms with van der Waals surface area (Å²) in [6.45, 7) is 8.41. The highest BCUT2D eigenvalue weighted by Crippen LogP contribution is 2.24. The van der Waals surface area contributed by atoms with E-state index < -0.39 is 0 Å². The maximum absolute atomic E-state index is 5.45. The molecule has 2 aliphatic heterocycles. The second-order valence-electron chi connectivity index (χ2n) is 9.03. The lowest BCUT2D eigenvalue weighted by atomic mass is 9.89. The molecule has 5 rings (SSSR count). The zero-order valence-electron chi connectivity index (χ0n) is 17.9. The van der Waals surface area contributed by atoms with Gasteiger partial charge in [0, 0.05) is 37.9 Å². The lowest BCUT2D eigenvalue weighted by Crippen LogP contribution is -2.35. The molecule has 0 atom stereocenters. The van der Waals surface area contributed by atoms with Crippen molar-refractivity contribution in [3.05, 3.63) is 71.4 Å². The first kappa shape index (κ1) is 19.8. The number of rotatable bonds is 6. The van der Waals surface area contributed by atoms with Crippen LogP contribution >= 0.6 is 0 Å². The first-order valence-electron chi connectivity index (χ1n) is 11.5. The van der Waals surface area contributed by atoms with Gasteiger partial charge in [-0.2, -0.15) is 0 Å². The Morgan fingerprint density at radius 3 is 2.23 bits per heavy atom. The van der Waals surface area contributed by atoms with Gasteiger partial charge in [-0.1, -0.05) is 30.3 Å². The van der Waals surface area contributed by atoms with E-state index in [9.17, 15) is 0 Å². The van der Waals surface area contributed by atoms with Gasteiger partial charge in [0.1, 0.15) is 0 Å². The fourth-order valence-corrected chi connectivity index (χ4v) is 4.94. The van der Waals surface area contributed by atoms with E-state index >= 15 is 0 Å². The number of benzene rings is 2. The third kappa shape index (κ3) is 4.94. The van der Waals surface area contributed by atoms with E-state index in [1.165, 1.54) is 59.9 Å². The number of piperidine rings is 1. The molecule has 158 valence electrons. The maximum Gasteiger partial charge on any atom is 0.0594 e. The highest BCUT2D eigenvalue weighted by Gasteiger charge is 2.20. The third-order valence-corrected chi connectivity index (χ3v) is 6.79. The minimum Gasteiger partial charge on any atom is -0.379 e. The molecule has 2 fully saturated rings. The Bertz CT molecular complexity index is 934. The molecule has 0 aliphatic carbocycles. The van der Waals surface area contributed by atoms with Gasteiger partial charge in [-0.3, -0.25) is 9.80 Å². The summed E-state index contributed by atoms with van der Waals surface area (Å²) in [5.41, 5.74) is 5.58. The quantitative estimate of drug-likeness (QED) is 0.660. The number of nitrogens with zero attached hydrogens (tertiary/aromatic N) is 2. The standard InChI is InChI=1S/C26H33N3O/c1-3-23(19-29-13-15-30-16-14-29)4-2-21(1)17-22-8-11-28(12-9-22)20-24-5-6-26-25(18-24)7-10-27-26/h1-7,10,18,22,27H,8-9,11-17,19-20H2. The summed E-state index contributed by atoms with van der Waals surface area (Å²) in [5, 5.41) is 1.32. The maximum atomic E-state index is 5.45. The Morgan fingerprint density at radius 1 is 0.767 bits per heavy atom. The van der Waals surface area contributed by atoms with Crippen LogP contribution in [-0.2, 0) is 24.2 Å². The summed E-state index contributed by atoms with van der Waals surface area (Å²) >= 11 is 0. The van der Waals surface area contributed by atoms with E-state index in [1.54, 1.807) is 0 Å². The normalized spacial score (nSPS) is 19.5. The molecule has 0 amide bonds. The average molecular weight is 404 g/mol. The molecular formula is C26H33N3O. The number of aromatic nitrogens is 1. The van der Waals surface area contributed by atoms with Gasteiger partial charge in [-0.25, -0.2) is 0 Å². The van der Waals surface area contributed by atoms with Crippen molar-refractivity contribution >= 4 is 10.9 Å². The molecule has 1 N–H and O–H groups in total. The van der Waals surface area contributed by atoms with Gasteiger partial charge in [0.05, 0.1) is 13.2 Å². The molecule has 4 nitrogen and oxygen atoms in total. The summed E-state index contributed by atoms with van der Waals surface area (Å²) in [6, 6.07) is 18.3. The molecule has 0 bridgehead atoms. The molecule has 30 heavy (non-hydrogen) atoms. The van der Waals surface area contributed by atoms with Gasteiger partial charge < -0.3 is 9.72 Å². The van der Waals surface area contributed by atoms with Gasteiger partial charge in [0.25, 0.3) is 0 Å². The molecule has 4 heteroatoms. The Kier molecular flexibility index (Phi) is 6.16. The molecule has 2 aromatic carbocycles. The fraction of sp³-hybridized carbons (Fsp3) is 0.462. The molecule has 3 heterocycles. The number of ether oxygens (including phenoxy) is 1. The second-order valence-corrected chi connectivity index (χ2v) is 9.03. The third-order valence-electron chi connectivity index (χ3n) is 6.79. The van der Waals surface area contributed by atoms with Crippen molar-refractivity contribution in [2.24, 2.45) is 5.92 Å². The number of H-pyrrole nitrogens is 1. The molecule has 2 saturated heterocycles. The summed E-state index contributed by atoms with van der Waals surface area (Å²) < 4.78 is 5.45. The van der Waals surface area contributed by atoms with Crippen molar-refractivity contribution in [2.75, 3.05) is 39.4 Å². The van der Waals surface area contributed by atoms with E-state index in [0.717, 1.165) is 45.3 Å². The van der Waals surface area contributed by atoms with Gasteiger partial charge in [-0.15, -0.1) is 0 Å². The van der Waals surface area contributed by atoms with Crippen LogP contribution in [0.2, 0.25) is 0 Å². The van der Waals surface area contributed by atoms with E-state index in [-0.39, 0.29) is 0 Å². The van der Waals surface area contributed by atoms with Crippen LogP contribution in [0, 0.1) is 5.92 Å². The number of hydrogen-bond acceptors (Lipinski definition) is 3. The van der Waals surface area contributed by atoms with E-state index in [0.29, 0.717) is 0 Å². The number of nitrogens with one attached hydrogen (secondary N) is 1. The molecule has 0 spiro atoms. The molecule has 0 radical (unpaired) electrons. The first-order chi connectivity index (χ1) is 14.8. The SMILES string of the molecule is c1cc2cc(CN3CCC(Cc4ccc(CN5CCOCC5)cc4)CC3)ccc2[nH]1. The van der Waals surface area contributed by atoms with E-state index in [2.05, 4.69) is 63.3 Å². The largest absolute Gasteiger partial charge is 0.379 e. The average Bonchev–Trinajstić information content (AvgIpc) is 3.25. The van der Waals surface area contributed by atoms with Crippen molar-refractivity contribution < 1.29 is 4.74 Å². The van der Waals surface area contributed by atoms with Crippen LogP contribution in [0.5, 0.6) is 0 Å². The summed E-state index contributed by atoms with van der Waals surface area (Å²) in [6.07, 6.45) is 5.86. The zero-order chi connectivity index (χ0) is 20.2. The Balaban J connectivity index is 1.09. The molecule has 2 aliphatic rings. The Hall–Kier alpha value is -2.14. The number of likely N-dealkylation sites (tertiary alicyclic amines) is 1. The molecule has 1 aromatic heterocycles. The summed E-state index contributed by atoms with van der Waals surface area (Å²) in [4.78, 5) is 8.39. The van der Waals surface area contributed by atoms with Crippen LogP contribution < -0.4 is 0 Å². The lowest BCUT2D eigenvalue weighted by Gasteiger charge is -2.32. The predicted octanol–water partition coefficient (Wildman–Crippen LogP) is 4.45. The molecule has 0 saturated carbocycles. The van der Waals surface area contributed by atoms with Gasteiger partial charge in [0.2, 0.25) is 0 Å². The smallest absolute Gasteiger partial charge is 0.0594 e. The Labute approximate surface area is 179 Å². The van der Waals surface area contributed by atoms with Crippen molar-refractivity contribution in [1.29, 1.82) is 0 Å². The molecular weight excluding hydrogens is 370 g/mol. The molecule has 3 aromatic rings. The van der Waals surface area contributed by atoms with Crippen LogP contribution in [0.15, 0.2) is 54.7 Å². The molecule has 0 unspecified atom stereocenters. The van der Waals surface area contributed by atoms with E-state index in [4.69, 9.17) is 4.74 Å². The number of hydrogen-bond donors (Lipinski definition) is 1.